The van der Waals surface area contributed by atoms with Crippen LogP contribution in [0.25, 0.3) is 0 Å². The molecule has 3 rings (SSSR count). The van der Waals surface area contributed by atoms with Crippen molar-refractivity contribution in [3.8, 4) is 0 Å². The smallest absolute Gasteiger partial charge is 0.313 e. The molecule has 0 aliphatic carbocycles. The van der Waals surface area contributed by atoms with Gasteiger partial charge in [-0.15, -0.1) is 0 Å². The van der Waals surface area contributed by atoms with Crippen LogP contribution >= 0.6 is 0 Å². The fraction of sp³-hybridized carbons (Fsp3) is 0.385. The van der Waals surface area contributed by atoms with E-state index in [2.05, 4.69) is 10.6 Å². The first-order valence-electron chi connectivity index (χ1n) is 11.4. The minimum Gasteiger partial charge on any atom is -0.463 e. The van der Waals surface area contributed by atoms with Crippen LogP contribution in [0, 0.1) is 0 Å². The van der Waals surface area contributed by atoms with Gasteiger partial charge in [0.25, 0.3) is 5.91 Å². The molecule has 0 bridgehead atoms. The topological polar surface area (TPSA) is 114 Å². The molecule has 3 amide bonds. The molecule has 2 unspecified atom stereocenters. The molecule has 186 valence electrons. The molecule has 0 saturated carbocycles. The summed E-state index contributed by atoms with van der Waals surface area (Å²) in [5.74, 6) is -2.89. The van der Waals surface area contributed by atoms with Crippen molar-refractivity contribution in [3.63, 3.8) is 0 Å². The third-order valence-corrected chi connectivity index (χ3v) is 5.51. The Hall–Kier alpha value is -3.72. The fourth-order valence-corrected chi connectivity index (χ4v) is 3.66. The Labute approximate surface area is 204 Å². The largest absolute Gasteiger partial charge is 0.463 e. The first-order chi connectivity index (χ1) is 16.6. The van der Waals surface area contributed by atoms with Gasteiger partial charge in [-0.1, -0.05) is 69.3 Å². The van der Waals surface area contributed by atoms with E-state index in [-0.39, 0.29) is 25.0 Å². The third kappa shape index (κ3) is 6.89. The van der Waals surface area contributed by atoms with E-state index in [9.17, 15) is 19.2 Å². The van der Waals surface area contributed by atoms with Gasteiger partial charge in [0.1, 0.15) is 25.3 Å². The van der Waals surface area contributed by atoms with Gasteiger partial charge in [-0.2, -0.15) is 0 Å². The van der Waals surface area contributed by atoms with E-state index in [0.717, 1.165) is 16.2 Å². The van der Waals surface area contributed by atoms with Crippen molar-refractivity contribution in [2.24, 2.45) is 0 Å². The van der Waals surface area contributed by atoms with Crippen LogP contribution in [0.1, 0.15) is 45.2 Å². The number of hydrogen-bond donors (Lipinski definition) is 2. The lowest BCUT2D eigenvalue weighted by atomic mass is 9.86. The Bertz CT molecular complexity index is 1080. The summed E-state index contributed by atoms with van der Waals surface area (Å²) < 4.78 is 4.99. The summed E-state index contributed by atoms with van der Waals surface area (Å²) in [7, 11) is 0. The maximum absolute atomic E-state index is 13.1. The molecule has 1 saturated heterocycles. The van der Waals surface area contributed by atoms with E-state index in [4.69, 9.17) is 9.57 Å². The van der Waals surface area contributed by atoms with Gasteiger partial charge in [-0.25, -0.2) is 5.06 Å². The number of anilines is 1. The van der Waals surface area contributed by atoms with Crippen molar-refractivity contribution < 1.29 is 28.8 Å². The summed E-state index contributed by atoms with van der Waals surface area (Å²) in [6, 6.07) is 14.7. The molecular formula is C26H31N3O6. The lowest BCUT2D eigenvalue weighted by Crippen LogP contribution is -2.52. The normalized spacial score (nSPS) is 16.2. The zero-order valence-electron chi connectivity index (χ0n) is 20.4. The molecule has 1 aliphatic heterocycles. The molecular weight excluding hydrogens is 450 g/mol. The van der Waals surface area contributed by atoms with Gasteiger partial charge in [-0.3, -0.25) is 24.0 Å². The number of nitrogens with zero attached hydrogens (tertiary/aromatic N) is 1. The molecule has 35 heavy (non-hydrogen) atoms. The van der Waals surface area contributed by atoms with Crippen molar-refractivity contribution in [3.05, 3.63) is 65.7 Å². The predicted octanol–water partition coefficient (Wildman–Crippen LogP) is 2.70. The summed E-state index contributed by atoms with van der Waals surface area (Å²) in [6.07, 6.45) is -0.0226. The van der Waals surface area contributed by atoms with Gasteiger partial charge < -0.3 is 15.4 Å². The molecule has 2 aromatic rings. The molecule has 0 spiro atoms. The lowest BCUT2D eigenvalue weighted by molar-refractivity contribution is -0.207. The standard InChI is InChI=1S/C26H31N3O6/c1-17(27-23(31)24(32)28-21-13-9-8-12-20(21)26(2,3)4)25(33)29(19-14-22(30)34-16-19)35-15-18-10-6-5-7-11-18/h5-13,17,19H,14-16H2,1-4H3,(H,27,31)(H,28,32). The van der Waals surface area contributed by atoms with Crippen LogP contribution < -0.4 is 10.6 Å². The number of esters is 1. The molecule has 1 aliphatic rings. The van der Waals surface area contributed by atoms with E-state index in [0.29, 0.717) is 5.69 Å². The molecule has 2 N–H and O–H groups in total. The number of cyclic esters (lactones) is 1. The zero-order chi connectivity index (χ0) is 25.6. The predicted molar refractivity (Wildman–Crippen MR) is 129 cm³/mol. The Morgan fingerprint density at radius 3 is 2.34 bits per heavy atom. The highest BCUT2D eigenvalue weighted by Crippen LogP contribution is 2.29. The highest BCUT2D eigenvalue weighted by molar-refractivity contribution is 6.40. The number of nitrogens with one attached hydrogen (secondary N) is 2. The summed E-state index contributed by atoms with van der Waals surface area (Å²) in [4.78, 5) is 55.7. The number of hydrogen-bond acceptors (Lipinski definition) is 6. The Kier molecular flexibility index (Phi) is 8.24. The van der Waals surface area contributed by atoms with Crippen LogP contribution in [0.2, 0.25) is 0 Å². The average molecular weight is 482 g/mol. The van der Waals surface area contributed by atoms with Crippen LogP contribution in [-0.4, -0.2) is 47.4 Å². The van der Waals surface area contributed by atoms with Crippen LogP contribution in [0.5, 0.6) is 0 Å². The number of carbonyl (C=O) groups is 4. The highest BCUT2D eigenvalue weighted by Gasteiger charge is 2.36. The monoisotopic (exact) mass is 481 g/mol. The van der Waals surface area contributed by atoms with E-state index in [1.807, 2.05) is 63.2 Å². The van der Waals surface area contributed by atoms with Gasteiger partial charge in [0.05, 0.1) is 6.42 Å². The fourth-order valence-electron chi connectivity index (χ4n) is 3.66. The minimum atomic E-state index is -1.09. The zero-order valence-corrected chi connectivity index (χ0v) is 20.4. The van der Waals surface area contributed by atoms with Crippen LogP contribution in [-0.2, 0) is 40.8 Å². The quantitative estimate of drug-likeness (QED) is 0.357. The summed E-state index contributed by atoms with van der Waals surface area (Å²) in [5, 5.41) is 6.11. The van der Waals surface area contributed by atoms with Crippen LogP contribution in [0.3, 0.4) is 0 Å². The van der Waals surface area contributed by atoms with Crippen molar-refractivity contribution >= 4 is 29.4 Å². The van der Waals surface area contributed by atoms with Gasteiger partial charge in [0.15, 0.2) is 0 Å². The Morgan fingerprint density at radius 1 is 1.06 bits per heavy atom. The van der Waals surface area contributed by atoms with Gasteiger partial charge in [-0.05, 0) is 29.5 Å². The third-order valence-electron chi connectivity index (χ3n) is 5.51. The molecule has 9 nitrogen and oxygen atoms in total. The summed E-state index contributed by atoms with van der Waals surface area (Å²) >= 11 is 0. The van der Waals surface area contributed by atoms with E-state index >= 15 is 0 Å². The van der Waals surface area contributed by atoms with Crippen molar-refractivity contribution in [2.75, 3.05) is 11.9 Å². The molecule has 9 heteroatoms. The number of ether oxygens (including phenoxy) is 1. The highest BCUT2D eigenvalue weighted by atomic mass is 16.7. The van der Waals surface area contributed by atoms with Crippen molar-refractivity contribution in [1.29, 1.82) is 0 Å². The lowest BCUT2D eigenvalue weighted by Gasteiger charge is -2.29. The van der Waals surface area contributed by atoms with Crippen LogP contribution in [0.4, 0.5) is 5.69 Å². The summed E-state index contributed by atoms with van der Waals surface area (Å²) in [6.45, 7) is 7.53. The maximum atomic E-state index is 13.1. The molecule has 2 atom stereocenters. The number of carbonyl (C=O) groups excluding carboxylic acids is 4. The van der Waals surface area contributed by atoms with Crippen LogP contribution in [0.15, 0.2) is 54.6 Å². The second kappa shape index (κ2) is 11.1. The maximum Gasteiger partial charge on any atom is 0.313 e. The van der Waals surface area contributed by atoms with E-state index in [1.54, 1.807) is 12.1 Å². The number of hydroxylamine groups is 2. The molecule has 0 radical (unpaired) electrons. The second-order valence-corrected chi connectivity index (χ2v) is 9.41. The van der Waals surface area contributed by atoms with E-state index < -0.39 is 35.8 Å². The Balaban J connectivity index is 1.66. The number of benzene rings is 2. The van der Waals surface area contributed by atoms with Crippen molar-refractivity contribution in [2.45, 2.75) is 58.2 Å². The number of rotatable bonds is 7. The molecule has 1 heterocycles. The van der Waals surface area contributed by atoms with Crippen molar-refractivity contribution in [1.82, 2.24) is 10.4 Å². The average Bonchev–Trinajstić information content (AvgIpc) is 3.25. The number of para-hydroxylation sites is 1. The number of amides is 3. The first-order valence-corrected chi connectivity index (χ1v) is 11.4. The van der Waals surface area contributed by atoms with Gasteiger partial charge >= 0.3 is 17.8 Å². The summed E-state index contributed by atoms with van der Waals surface area (Å²) in [5.41, 5.74) is 1.97. The first kappa shape index (κ1) is 25.9. The molecule has 1 fully saturated rings. The molecule has 0 aromatic heterocycles. The SMILES string of the molecule is CC(NC(=O)C(=O)Nc1ccccc1C(C)(C)C)C(=O)N(OCc1ccccc1)C1COC(=O)C1. The van der Waals surface area contributed by atoms with Gasteiger partial charge in [0.2, 0.25) is 0 Å². The minimum absolute atomic E-state index is 0.00982. The van der Waals surface area contributed by atoms with Gasteiger partial charge in [0, 0.05) is 5.69 Å². The molecule has 2 aromatic carbocycles. The Morgan fingerprint density at radius 2 is 1.71 bits per heavy atom. The van der Waals surface area contributed by atoms with E-state index in [1.165, 1.54) is 6.92 Å². The second-order valence-electron chi connectivity index (χ2n) is 9.41.